The predicted molar refractivity (Wildman–Crippen MR) is 121 cm³/mol. The molecule has 1 rings (SSSR count). The number of unbranched alkanes of at least 4 members (excludes halogenated alkanes) is 5. The summed E-state index contributed by atoms with van der Waals surface area (Å²) in [6.07, 6.45) is 12.9. The average molecular weight is 433 g/mol. The summed E-state index contributed by atoms with van der Waals surface area (Å²) < 4.78 is 30.7. The molecule has 0 saturated carbocycles. The van der Waals surface area contributed by atoms with Crippen molar-refractivity contribution in [2.75, 3.05) is 33.0 Å². The van der Waals surface area contributed by atoms with Gasteiger partial charge in [-0.25, -0.2) is 0 Å². The second-order valence-corrected chi connectivity index (χ2v) is 11.0. The van der Waals surface area contributed by atoms with Crippen molar-refractivity contribution >= 4 is 8.80 Å². The molecular formula is C23H48O5Si. The lowest BCUT2D eigenvalue weighted by molar-refractivity contribution is 0.0212. The molecule has 1 aliphatic rings. The van der Waals surface area contributed by atoms with Gasteiger partial charge in [-0.2, -0.15) is 0 Å². The molecule has 0 aromatic carbocycles. The Labute approximate surface area is 181 Å². The zero-order valence-electron chi connectivity index (χ0n) is 19.7. The summed E-state index contributed by atoms with van der Waals surface area (Å²) >= 11 is 0. The molecule has 174 valence electrons. The van der Waals surface area contributed by atoms with Crippen LogP contribution in [0.3, 0.4) is 0 Å². The highest BCUT2D eigenvalue weighted by Crippen LogP contribution is 2.25. The van der Waals surface area contributed by atoms with Gasteiger partial charge in [0.05, 0.1) is 19.3 Å². The van der Waals surface area contributed by atoms with Gasteiger partial charge in [0.1, 0.15) is 6.10 Å². The Balaban J connectivity index is 2.68. The fourth-order valence-electron chi connectivity index (χ4n) is 3.14. The van der Waals surface area contributed by atoms with Crippen LogP contribution >= 0.6 is 0 Å². The molecule has 0 bridgehead atoms. The van der Waals surface area contributed by atoms with Crippen molar-refractivity contribution in [2.45, 2.75) is 117 Å². The van der Waals surface area contributed by atoms with E-state index in [0.29, 0.717) is 6.10 Å². The van der Waals surface area contributed by atoms with Crippen molar-refractivity contribution in [3.63, 3.8) is 0 Å². The Morgan fingerprint density at radius 2 is 1.28 bits per heavy atom. The fourth-order valence-corrected chi connectivity index (χ4v) is 5.86. The molecule has 29 heavy (non-hydrogen) atoms. The molecule has 1 aliphatic heterocycles. The van der Waals surface area contributed by atoms with Crippen LogP contribution < -0.4 is 0 Å². The van der Waals surface area contributed by atoms with Gasteiger partial charge < -0.3 is 22.8 Å². The third-order valence-electron chi connectivity index (χ3n) is 5.28. The van der Waals surface area contributed by atoms with Gasteiger partial charge in [-0.3, -0.25) is 0 Å². The summed E-state index contributed by atoms with van der Waals surface area (Å²) in [7, 11) is -2.67. The minimum Gasteiger partial charge on any atom is -0.375 e. The summed E-state index contributed by atoms with van der Waals surface area (Å²) in [5.74, 6) is 0. The van der Waals surface area contributed by atoms with E-state index in [1.165, 1.54) is 19.3 Å². The monoisotopic (exact) mass is 432 g/mol. The summed E-state index contributed by atoms with van der Waals surface area (Å²) in [6, 6.07) is 0.854. The van der Waals surface area contributed by atoms with Crippen molar-refractivity contribution in [2.24, 2.45) is 0 Å². The normalized spacial score (nSPS) is 17.6. The molecule has 1 saturated heterocycles. The van der Waals surface area contributed by atoms with E-state index in [9.17, 15) is 0 Å². The van der Waals surface area contributed by atoms with Crippen LogP contribution in [0.2, 0.25) is 6.04 Å². The van der Waals surface area contributed by atoms with Gasteiger partial charge >= 0.3 is 8.80 Å². The third-order valence-corrected chi connectivity index (χ3v) is 8.11. The van der Waals surface area contributed by atoms with E-state index in [4.69, 9.17) is 22.8 Å². The summed E-state index contributed by atoms with van der Waals surface area (Å²) in [4.78, 5) is 0. The van der Waals surface area contributed by atoms with E-state index in [2.05, 4.69) is 27.7 Å². The molecule has 0 aromatic heterocycles. The molecule has 1 heterocycles. The van der Waals surface area contributed by atoms with Crippen LogP contribution in [-0.4, -0.2) is 54.0 Å². The number of hydrogen-bond acceptors (Lipinski definition) is 5. The lowest BCUT2D eigenvalue weighted by Gasteiger charge is -2.31. The molecular weight excluding hydrogens is 384 g/mol. The first kappa shape index (κ1) is 27.1. The predicted octanol–water partition coefficient (Wildman–Crippen LogP) is 6.13. The molecule has 2 unspecified atom stereocenters. The first-order chi connectivity index (χ1) is 14.2. The number of rotatable bonds is 22. The van der Waals surface area contributed by atoms with Crippen LogP contribution in [0.4, 0.5) is 0 Å². The number of hydrogen-bond donors (Lipinski definition) is 0. The van der Waals surface area contributed by atoms with Gasteiger partial charge in [-0.1, -0.05) is 66.2 Å². The van der Waals surface area contributed by atoms with E-state index in [1.807, 2.05) is 0 Å². The van der Waals surface area contributed by atoms with Crippen LogP contribution in [0.25, 0.3) is 0 Å². The molecule has 0 aromatic rings. The van der Waals surface area contributed by atoms with Crippen LogP contribution in [0.5, 0.6) is 0 Å². The molecule has 2 atom stereocenters. The standard InChI is InChI=1S/C23H48O5Si/c1-5-9-13-14-22(24-20-23-21-25-23)15-19-29(26-16-10-6-2,27-17-11-7-3)28-18-12-8-4/h22-23H,5-21H2,1-4H3. The highest BCUT2D eigenvalue weighted by atomic mass is 28.4. The zero-order chi connectivity index (χ0) is 21.2. The number of ether oxygens (including phenoxy) is 2. The minimum absolute atomic E-state index is 0.247. The van der Waals surface area contributed by atoms with Gasteiger partial charge in [0.15, 0.2) is 0 Å². The molecule has 0 N–H and O–H groups in total. The van der Waals surface area contributed by atoms with Gasteiger partial charge in [0, 0.05) is 25.9 Å². The molecule has 1 fully saturated rings. The summed E-state index contributed by atoms with van der Waals surface area (Å²) in [5, 5.41) is 0. The Morgan fingerprint density at radius 1 is 0.759 bits per heavy atom. The Hall–Kier alpha value is 0.0169. The molecule has 6 heteroatoms. The Kier molecular flexibility index (Phi) is 16.5. The van der Waals surface area contributed by atoms with E-state index in [0.717, 1.165) is 90.4 Å². The van der Waals surface area contributed by atoms with Crippen molar-refractivity contribution in [1.29, 1.82) is 0 Å². The van der Waals surface area contributed by atoms with Gasteiger partial charge in [-0.05, 0) is 32.1 Å². The van der Waals surface area contributed by atoms with Crippen molar-refractivity contribution in [3.05, 3.63) is 0 Å². The largest absolute Gasteiger partial charge is 0.501 e. The Morgan fingerprint density at radius 3 is 1.72 bits per heavy atom. The molecule has 0 amide bonds. The van der Waals surface area contributed by atoms with E-state index in [1.54, 1.807) is 0 Å². The minimum atomic E-state index is -2.67. The first-order valence-corrected chi connectivity index (χ1v) is 14.3. The number of epoxide rings is 1. The third kappa shape index (κ3) is 13.8. The topological polar surface area (TPSA) is 49.5 Å². The highest BCUT2D eigenvalue weighted by Gasteiger charge is 2.41. The van der Waals surface area contributed by atoms with Crippen molar-refractivity contribution in [1.82, 2.24) is 0 Å². The fraction of sp³-hybridized carbons (Fsp3) is 1.00. The molecule has 0 radical (unpaired) electrons. The zero-order valence-corrected chi connectivity index (χ0v) is 20.7. The summed E-state index contributed by atoms with van der Waals surface area (Å²) in [5.41, 5.74) is 0. The van der Waals surface area contributed by atoms with Crippen LogP contribution in [-0.2, 0) is 22.8 Å². The second kappa shape index (κ2) is 17.7. The van der Waals surface area contributed by atoms with Crippen molar-refractivity contribution in [3.8, 4) is 0 Å². The van der Waals surface area contributed by atoms with Gasteiger partial charge in [0.2, 0.25) is 0 Å². The quantitative estimate of drug-likeness (QED) is 0.117. The van der Waals surface area contributed by atoms with Crippen LogP contribution in [0.15, 0.2) is 0 Å². The smallest absolute Gasteiger partial charge is 0.375 e. The van der Waals surface area contributed by atoms with Crippen molar-refractivity contribution < 1.29 is 22.8 Å². The summed E-state index contributed by atoms with van der Waals surface area (Å²) in [6.45, 7) is 12.6. The van der Waals surface area contributed by atoms with E-state index >= 15 is 0 Å². The molecule has 0 aliphatic carbocycles. The Bertz CT molecular complexity index is 339. The lowest BCUT2D eigenvalue weighted by Crippen LogP contribution is -2.47. The van der Waals surface area contributed by atoms with E-state index in [-0.39, 0.29) is 6.10 Å². The lowest BCUT2D eigenvalue weighted by atomic mass is 10.1. The molecule has 0 spiro atoms. The molecule has 5 nitrogen and oxygen atoms in total. The second-order valence-electron chi connectivity index (χ2n) is 8.23. The SMILES string of the molecule is CCCCCC(CC[Si](OCCCC)(OCCCC)OCCCC)OCC1CO1. The van der Waals surface area contributed by atoms with Crippen LogP contribution in [0.1, 0.15) is 98.3 Å². The van der Waals surface area contributed by atoms with Crippen LogP contribution in [0, 0.1) is 0 Å². The first-order valence-electron chi connectivity index (χ1n) is 12.3. The maximum atomic E-state index is 6.39. The maximum Gasteiger partial charge on any atom is 0.501 e. The maximum absolute atomic E-state index is 6.39. The van der Waals surface area contributed by atoms with E-state index < -0.39 is 8.80 Å². The van der Waals surface area contributed by atoms with Gasteiger partial charge in [0.25, 0.3) is 0 Å². The average Bonchev–Trinajstić information content (AvgIpc) is 3.55. The van der Waals surface area contributed by atoms with Gasteiger partial charge in [-0.15, -0.1) is 0 Å². The highest BCUT2D eigenvalue weighted by molar-refractivity contribution is 6.60.